The Hall–Kier alpha value is -1.59. The second-order valence-corrected chi connectivity index (χ2v) is 6.92. The highest BCUT2D eigenvalue weighted by Crippen LogP contribution is 2.40. The van der Waals surface area contributed by atoms with Gasteiger partial charge in [-0.05, 0) is 38.0 Å². The first-order chi connectivity index (χ1) is 11.3. The first-order valence-electron chi connectivity index (χ1n) is 9.14. The molecule has 2 fully saturated rings. The van der Waals surface area contributed by atoms with E-state index in [2.05, 4.69) is 32.7 Å². The van der Waals surface area contributed by atoms with Gasteiger partial charge in [-0.3, -0.25) is 4.99 Å². The molecule has 0 amide bonds. The fraction of sp³-hybridized carbons (Fsp3) is 0.824. The van der Waals surface area contributed by atoms with Crippen molar-refractivity contribution in [3.63, 3.8) is 0 Å². The highest BCUT2D eigenvalue weighted by atomic mass is 15.3. The van der Waals surface area contributed by atoms with E-state index in [4.69, 9.17) is 0 Å². The van der Waals surface area contributed by atoms with Gasteiger partial charge in [-0.2, -0.15) is 0 Å². The van der Waals surface area contributed by atoms with Crippen LogP contribution in [0.3, 0.4) is 0 Å². The fourth-order valence-corrected chi connectivity index (χ4v) is 4.24. The molecule has 1 aromatic heterocycles. The minimum atomic E-state index is 0.560. The van der Waals surface area contributed by atoms with Crippen LogP contribution in [-0.2, 0) is 13.1 Å². The summed E-state index contributed by atoms with van der Waals surface area (Å²) in [5, 5.41) is 15.1. The normalized spacial score (nSPS) is 28.3. The monoisotopic (exact) mass is 318 g/mol. The molecule has 3 atom stereocenters. The summed E-state index contributed by atoms with van der Waals surface area (Å²) in [5.74, 6) is 3.75. The molecule has 23 heavy (non-hydrogen) atoms. The predicted molar refractivity (Wildman–Crippen MR) is 92.1 cm³/mol. The Morgan fingerprint density at radius 1 is 1.26 bits per heavy atom. The van der Waals surface area contributed by atoms with E-state index in [-0.39, 0.29) is 0 Å². The highest BCUT2D eigenvalue weighted by Gasteiger charge is 2.32. The van der Waals surface area contributed by atoms with Crippen LogP contribution in [-0.4, -0.2) is 33.8 Å². The molecule has 0 aliphatic heterocycles. The molecular formula is C17H30N6. The molecule has 3 rings (SSSR count). The molecule has 0 aromatic carbocycles. The second-order valence-electron chi connectivity index (χ2n) is 6.92. The van der Waals surface area contributed by atoms with Gasteiger partial charge in [-0.15, -0.1) is 10.2 Å². The molecule has 1 heterocycles. The largest absolute Gasteiger partial charge is 0.354 e. The Morgan fingerprint density at radius 3 is 2.87 bits per heavy atom. The first-order valence-corrected chi connectivity index (χ1v) is 9.14. The van der Waals surface area contributed by atoms with Gasteiger partial charge in [0.2, 0.25) is 0 Å². The van der Waals surface area contributed by atoms with Crippen molar-refractivity contribution in [2.24, 2.45) is 16.8 Å². The summed E-state index contributed by atoms with van der Waals surface area (Å²) in [6.45, 7) is 3.65. The quantitative estimate of drug-likeness (QED) is 0.660. The van der Waals surface area contributed by atoms with Gasteiger partial charge in [0.1, 0.15) is 6.33 Å². The van der Waals surface area contributed by atoms with Crippen molar-refractivity contribution >= 4 is 5.96 Å². The Morgan fingerprint density at radius 2 is 2.09 bits per heavy atom. The lowest BCUT2D eigenvalue weighted by Crippen LogP contribution is -2.46. The SMILES string of the molecule is CCn1cnnc1CNC(=NC)NC1CCC2CCCCC2C1. The Bertz CT molecular complexity index is 523. The van der Waals surface area contributed by atoms with E-state index in [1.807, 2.05) is 11.6 Å². The van der Waals surface area contributed by atoms with Crippen LogP contribution in [0.25, 0.3) is 0 Å². The van der Waals surface area contributed by atoms with Gasteiger partial charge < -0.3 is 15.2 Å². The van der Waals surface area contributed by atoms with Gasteiger partial charge in [0.25, 0.3) is 0 Å². The number of aliphatic imine (C=N–C) groups is 1. The summed E-state index contributed by atoms with van der Waals surface area (Å²) in [6.07, 6.45) is 11.5. The maximum Gasteiger partial charge on any atom is 0.191 e. The van der Waals surface area contributed by atoms with Crippen molar-refractivity contribution in [1.29, 1.82) is 0 Å². The molecular weight excluding hydrogens is 288 g/mol. The summed E-state index contributed by atoms with van der Waals surface area (Å²) in [7, 11) is 1.84. The zero-order valence-corrected chi connectivity index (χ0v) is 14.5. The summed E-state index contributed by atoms with van der Waals surface area (Å²) in [6, 6.07) is 0.560. The van der Waals surface area contributed by atoms with Crippen LogP contribution in [0.4, 0.5) is 0 Å². The summed E-state index contributed by atoms with van der Waals surface area (Å²) in [4.78, 5) is 4.38. The molecule has 3 unspecified atom stereocenters. The molecule has 128 valence electrons. The smallest absolute Gasteiger partial charge is 0.191 e. The van der Waals surface area contributed by atoms with Crippen LogP contribution in [0.1, 0.15) is 57.7 Å². The van der Waals surface area contributed by atoms with E-state index in [1.165, 1.54) is 44.9 Å². The minimum absolute atomic E-state index is 0.560. The van der Waals surface area contributed by atoms with Gasteiger partial charge in [0, 0.05) is 19.6 Å². The van der Waals surface area contributed by atoms with E-state index in [0.29, 0.717) is 12.6 Å². The van der Waals surface area contributed by atoms with E-state index in [1.54, 1.807) is 6.33 Å². The summed E-state index contributed by atoms with van der Waals surface area (Å²) < 4.78 is 2.05. The number of fused-ring (bicyclic) bond motifs is 1. The van der Waals surface area contributed by atoms with Crippen LogP contribution >= 0.6 is 0 Å². The van der Waals surface area contributed by atoms with E-state index in [0.717, 1.165) is 30.2 Å². The van der Waals surface area contributed by atoms with E-state index < -0.39 is 0 Å². The maximum atomic E-state index is 4.38. The van der Waals surface area contributed by atoms with Gasteiger partial charge in [-0.1, -0.05) is 25.7 Å². The number of rotatable bonds is 4. The standard InChI is InChI=1S/C17H30N6/c1-3-23-12-20-22-16(23)11-19-17(18-2)21-15-9-8-13-6-4-5-7-14(13)10-15/h12-15H,3-11H2,1-2H3,(H2,18,19,21). The lowest BCUT2D eigenvalue weighted by Gasteiger charge is -2.39. The van der Waals surface area contributed by atoms with Crippen LogP contribution in [0.2, 0.25) is 0 Å². The third kappa shape index (κ3) is 4.03. The molecule has 0 spiro atoms. The van der Waals surface area contributed by atoms with Gasteiger partial charge in [0.05, 0.1) is 6.54 Å². The topological polar surface area (TPSA) is 67.1 Å². The number of aryl methyl sites for hydroxylation is 1. The molecule has 6 heteroatoms. The highest BCUT2D eigenvalue weighted by molar-refractivity contribution is 5.79. The molecule has 2 saturated carbocycles. The number of aromatic nitrogens is 3. The summed E-state index contributed by atoms with van der Waals surface area (Å²) in [5.41, 5.74) is 0. The number of hydrogen-bond acceptors (Lipinski definition) is 3. The number of nitrogens with zero attached hydrogens (tertiary/aromatic N) is 4. The van der Waals surface area contributed by atoms with E-state index in [9.17, 15) is 0 Å². The summed E-state index contributed by atoms with van der Waals surface area (Å²) >= 11 is 0. The third-order valence-electron chi connectivity index (χ3n) is 5.55. The Kier molecular flexibility index (Phi) is 5.51. The molecule has 2 aliphatic rings. The van der Waals surface area contributed by atoms with Gasteiger partial charge in [0.15, 0.2) is 11.8 Å². The fourth-order valence-electron chi connectivity index (χ4n) is 4.24. The van der Waals surface area contributed by atoms with E-state index >= 15 is 0 Å². The average Bonchev–Trinajstić information content (AvgIpc) is 3.06. The zero-order chi connectivity index (χ0) is 16.1. The predicted octanol–water partition coefficient (Wildman–Crippen LogP) is 2.32. The molecule has 6 nitrogen and oxygen atoms in total. The van der Waals surface area contributed by atoms with Crippen molar-refractivity contribution in [3.8, 4) is 0 Å². The van der Waals surface area contributed by atoms with Crippen molar-refractivity contribution in [3.05, 3.63) is 12.2 Å². The van der Waals surface area contributed by atoms with Crippen molar-refractivity contribution in [2.75, 3.05) is 7.05 Å². The van der Waals surface area contributed by atoms with Gasteiger partial charge in [-0.25, -0.2) is 0 Å². The number of hydrogen-bond donors (Lipinski definition) is 2. The van der Waals surface area contributed by atoms with Crippen LogP contribution in [0.5, 0.6) is 0 Å². The minimum Gasteiger partial charge on any atom is -0.354 e. The van der Waals surface area contributed by atoms with Crippen LogP contribution in [0, 0.1) is 11.8 Å². The number of guanidine groups is 1. The van der Waals surface area contributed by atoms with Gasteiger partial charge >= 0.3 is 0 Å². The lowest BCUT2D eigenvalue weighted by molar-refractivity contribution is 0.150. The molecule has 0 bridgehead atoms. The third-order valence-corrected chi connectivity index (χ3v) is 5.55. The Balaban J connectivity index is 1.49. The molecule has 0 saturated heterocycles. The zero-order valence-electron chi connectivity index (χ0n) is 14.5. The van der Waals surface area contributed by atoms with Crippen LogP contribution < -0.4 is 10.6 Å². The van der Waals surface area contributed by atoms with Crippen molar-refractivity contribution < 1.29 is 0 Å². The maximum absolute atomic E-state index is 4.38. The second kappa shape index (κ2) is 7.79. The lowest BCUT2D eigenvalue weighted by atomic mass is 9.69. The molecule has 2 N–H and O–H groups in total. The molecule has 2 aliphatic carbocycles. The first kappa shape index (κ1) is 16.3. The van der Waals surface area contributed by atoms with Crippen molar-refractivity contribution in [2.45, 2.75) is 71.0 Å². The number of nitrogens with one attached hydrogen (secondary N) is 2. The van der Waals surface area contributed by atoms with Crippen molar-refractivity contribution in [1.82, 2.24) is 25.4 Å². The molecule has 0 radical (unpaired) electrons. The average molecular weight is 318 g/mol. The van der Waals surface area contributed by atoms with Crippen LogP contribution in [0.15, 0.2) is 11.3 Å². The molecule has 1 aromatic rings. The Labute approximate surface area is 139 Å².